The maximum atomic E-state index is 14.3. The zero-order valence-electron chi connectivity index (χ0n) is 21.6. The van der Waals surface area contributed by atoms with Crippen LogP contribution in [0, 0.1) is 0 Å². The molecule has 0 heterocycles. The summed E-state index contributed by atoms with van der Waals surface area (Å²) in [5, 5.41) is 2.10. The van der Waals surface area contributed by atoms with E-state index in [1.807, 2.05) is 48.5 Å². The fourth-order valence-corrected chi connectivity index (χ4v) is 8.67. The van der Waals surface area contributed by atoms with Crippen LogP contribution in [0.5, 0.6) is 0 Å². The lowest BCUT2D eigenvalue weighted by Gasteiger charge is -2.33. The fourth-order valence-electron chi connectivity index (χ4n) is 6.01. The zero-order valence-corrected chi connectivity index (χ0v) is 24.0. The van der Waals surface area contributed by atoms with E-state index < -0.39 is 49.4 Å². The topological polar surface area (TPSA) is 34.1 Å². The van der Waals surface area contributed by atoms with E-state index in [1.165, 1.54) is 6.07 Å². The number of hydrogen-bond donors (Lipinski definition) is 0. The molecule has 1 aliphatic carbocycles. The van der Waals surface area contributed by atoms with Crippen LogP contribution in [-0.4, -0.2) is 8.42 Å². The van der Waals surface area contributed by atoms with Crippen molar-refractivity contribution in [2.24, 2.45) is 0 Å². The molecule has 6 rings (SSSR count). The summed E-state index contributed by atoms with van der Waals surface area (Å²) in [5.41, 5.74) is -0.237. The number of hydrogen-bond acceptors (Lipinski definition) is 2. The average molecular weight is 663 g/mol. The van der Waals surface area contributed by atoms with Crippen molar-refractivity contribution < 1.29 is 34.8 Å². The highest BCUT2D eigenvalue weighted by molar-refractivity contribution is 9.10. The maximum Gasteiger partial charge on any atom is 0.416 e. The lowest BCUT2D eigenvalue weighted by atomic mass is 9.77. The molecule has 0 amide bonds. The highest BCUT2D eigenvalue weighted by Gasteiger charge is 2.41. The molecular formula is C32H21BrF6O2S. The minimum atomic E-state index is -4.74. The predicted molar refractivity (Wildman–Crippen MR) is 153 cm³/mol. The van der Waals surface area contributed by atoms with Gasteiger partial charge in [0.15, 0.2) is 9.84 Å². The lowest BCUT2D eigenvalue weighted by molar-refractivity contribution is -0.138. The van der Waals surface area contributed by atoms with Gasteiger partial charge in [0, 0.05) is 4.47 Å². The van der Waals surface area contributed by atoms with E-state index in [4.69, 9.17) is 0 Å². The maximum absolute atomic E-state index is 14.3. The first-order chi connectivity index (χ1) is 19.7. The standard InChI is InChI=1S/C32H21BrF6O2S/c33-28-17-22(32(37,38)39)10-13-25(28)20-14-19-9-11-26-24-7-2-1-4-18(24)8-12-27(26)30(19)29(15-20)42(40,41)23-6-3-5-21(16-23)31(34,35)36/h1-13,16-17,20,29H,14-15H2. The second-order valence-electron chi connectivity index (χ2n) is 10.5. The second kappa shape index (κ2) is 10.1. The first kappa shape index (κ1) is 28.7. The van der Waals surface area contributed by atoms with Crippen molar-refractivity contribution >= 4 is 47.3 Å². The summed E-state index contributed by atoms with van der Waals surface area (Å²) in [6, 6.07) is 22.0. The molecular weight excluding hydrogens is 642 g/mol. The summed E-state index contributed by atoms with van der Waals surface area (Å²) < 4.78 is 109. The molecule has 0 saturated heterocycles. The summed E-state index contributed by atoms with van der Waals surface area (Å²) in [7, 11) is -4.38. The highest BCUT2D eigenvalue weighted by atomic mass is 79.9. The third-order valence-corrected chi connectivity index (χ3v) is 10.8. The van der Waals surface area contributed by atoms with E-state index >= 15 is 0 Å². The van der Waals surface area contributed by atoms with Crippen molar-refractivity contribution in [3.8, 4) is 0 Å². The summed E-state index contributed by atoms with van der Waals surface area (Å²) in [5.74, 6) is -0.516. The van der Waals surface area contributed by atoms with Gasteiger partial charge in [0.25, 0.3) is 0 Å². The molecule has 0 spiro atoms. The Morgan fingerprint density at radius 3 is 2.10 bits per heavy atom. The molecule has 1 aliphatic rings. The van der Waals surface area contributed by atoms with E-state index in [-0.39, 0.29) is 10.9 Å². The van der Waals surface area contributed by atoms with Crippen LogP contribution in [0.1, 0.15) is 45.4 Å². The smallest absolute Gasteiger partial charge is 0.223 e. The molecule has 42 heavy (non-hydrogen) atoms. The molecule has 2 unspecified atom stereocenters. The Bertz CT molecular complexity index is 1960. The first-order valence-corrected chi connectivity index (χ1v) is 15.3. The van der Waals surface area contributed by atoms with Gasteiger partial charge in [-0.1, -0.05) is 76.6 Å². The van der Waals surface area contributed by atoms with Crippen LogP contribution in [0.4, 0.5) is 26.3 Å². The van der Waals surface area contributed by atoms with Gasteiger partial charge in [-0.15, -0.1) is 0 Å². The van der Waals surface area contributed by atoms with E-state index in [0.29, 0.717) is 34.6 Å². The van der Waals surface area contributed by atoms with Gasteiger partial charge in [-0.3, -0.25) is 0 Å². The van der Waals surface area contributed by atoms with Crippen LogP contribution in [0.2, 0.25) is 0 Å². The van der Waals surface area contributed by atoms with Crippen molar-refractivity contribution in [1.29, 1.82) is 0 Å². The van der Waals surface area contributed by atoms with Gasteiger partial charge in [0.2, 0.25) is 0 Å². The number of rotatable bonds is 3. The Morgan fingerprint density at radius 2 is 1.38 bits per heavy atom. The Hall–Kier alpha value is -3.37. The molecule has 2 atom stereocenters. The molecule has 5 aromatic rings. The van der Waals surface area contributed by atoms with Crippen LogP contribution in [0.3, 0.4) is 0 Å². The molecule has 0 saturated carbocycles. The van der Waals surface area contributed by atoms with Crippen LogP contribution in [0.25, 0.3) is 21.5 Å². The van der Waals surface area contributed by atoms with Crippen molar-refractivity contribution in [2.45, 2.75) is 41.3 Å². The van der Waals surface area contributed by atoms with E-state index in [1.54, 1.807) is 0 Å². The predicted octanol–water partition coefficient (Wildman–Crippen LogP) is 10.0. The summed E-state index contributed by atoms with van der Waals surface area (Å²) >= 11 is 3.25. The van der Waals surface area contributed by atoms with Gasteiger partial charge in [-0.05, 0) is 87.3 Å². The van der Waals surface area contributed by atoms with Crippen molar-refractivity contribution in [3.63, 3.8) is 0 Å². The molecule has 0 radical (unpaired) electrons. The van der Waals surface area contributed by atoms with Crippen molar-refractivity contribution in [1.82, 2.24) is 0 Å². The fraction of sp³-hybridized carbons (Fsp3) is 0.188. The number of halogens is 7. The molecule has 0 N–H and O–H groups in total. The Kier molecular flexibility index (Phi) is 6.92. The van der Waals surface area contributed by atoms with Crippen LogP contribution in [0.15, 0.2) is 100 Å². The molecule has 0 aliphatic heterocycles. The van der Waals surface area contributed by atoms with E-state index in [0.717, 1.165) is 46.5 Å². The lowest BCUT2D eigenvalue weighted by Crippen LogP contribution is -2.25. The number of alkyl halides is 6. The van der Waals surface area contributed by atoms with Crippen LogP contribution >= 0.6 is 15.9 Å². The van der Waals surface area contributed by atoms with Crippen molar-refractivity contribution in [3.05, 3.63) is 123 Å². The minimum absolute atomic E-state index is 0.0263. The normalized spacial score (nSPS) is 17.9. The van der Waals surface area contributed by atoms with Gasteiger partial charge >= 0.3 is 12.4 Å². The quantitative estimate of drug-likeness (QED) is 0.142. The summed E-state index contributed by atoms with van der Waals surface area (Å²) in [6.07, 6.45) is -8.98. The molecule has 0 bridgehead atoms. The van der Waals surface area contributed by atoms with E-state index in [2.05, 4.69) is 15.9 Å². The third-order valence-electron chi connectivity index (χ3n) is 7.98. The summed E-state index contributed by atoms with van der Waals surface area (Å²) in [6.45, 7) is 0. The van der Waals surface area contributed by atoms with E-state index in [9.17, 15) is 34.8 Å². The molecule has 5 aromatic carbocycles. The Labute approximate surface area is 246 Å². The van der Waals surface area contributed by atoms with Gasteiger partial charge in [-0.2, -0.15) is 26.3 Å². The van der Waals surface area contributed by atoms with Gasteiger partial charge in [0.05, 0.1) is 21.3 Å². The Morgan fingerprint density at radius 1 is 0.690 bits per heavy atom. The van der Waals surface area contributed by atoms with Crippen LogP contribution < -0.4 is 0 Å². The highest BCUT2D eigenvalue weighted by Crippen LogP contribution is 2.50. The monoisotopic (exact) mass is 662 g/mol. The average Bonchev–Trinajstić information content (AvgIpc) is 2.95. The van der Waals surface area contributed by atoms with Gasteiger partial charge in [-0.25, -0.2) is 8.42 Å². The number of benzene rings is 5. The number of sulfone groups is 1. The molecule has 0 fully saturated rings. The molecule has 2 nitrogen and oxygen atoms in total. The van der Waals surface area contributed by atoms with Gasteiger partial charge < -0.3 is 0 Å². The van der Waals surface area contributed by atoms with Crippen LogP contribution in [-0.2, 0) is 28.6 Å². The third kappa shape index (κ3) is 4.98. The summed E-state index contributed by atoms with van der Waals surface area (Å²) in [4.78, 5) is -0.460. The minimum Gasteiger partial charge on any atom is -0.223 e. The number of fused-ring (bicyclic) bond motifs is 5. The zero-order chi connectivity index (χ0) is 30.0. The second-order valence-corrected chi connectivity index (χ2v) is 13.4. The largest absolute Gasteiger partial charge is 0.416 e. The van der Waals surface area contributed by atoms with Gasteiger partial charge in [0.1, 0.15) is 0 Å². The Balaban J connectivity index is 1.56. The molecule has 216 valence electrons. The molecule has 0 aromatic heterocycles. The van der Waals surface area contributed by atoms with Crippen molar-refractivity contribution in [2.75, 3.05) is 0 Å². The SMILES string of the molecule is O=S(=O)(c1cccc(C(F)(F)F)c1)C1CC(c2ccc(C(F)(F)F)cc2Br)Cc2ccc3c(ccc4ccccc43)c21. The first-order valence-electron chi connectivity index (χ1n) is 13.0. The molecule has 10 heteroatoms.